The SMILES string of the molecule is Cc1cc(C)c(C2=N/C(=C(/c3cc(C(F)(F)F)cc(C(F)(F)F)c3)c3ccc(-c4c(C)cc(C)cc4C)[nH]3)C=C2)c(C)c1. The first kappa shape index (κ1) is 30.1. The van der Waals surface area contributed by atoms with E-state index in [1.807, 2.05) is 65.8 Å². The second-order valence-electron chi connectivity index (χ2n) is 11.2. The Hall–Kier alpha value is -4.33. The molecule has 1 aliphatic rings. The largest absolute Gasteiger partial charge is 0.416 e. The molecule has 2 nitrogen and oxygen atoms in total. The summed E-state index contributed by atoms with van der Waals surface area (Å²) in [7, 11) is 0. The van der Waals surface area contributed by atoms with Crippen LogP contribution in [0.3, 0.4) is 0 Å². The minimum Gasteiger partial charge on any atom is -0.354 e. The maximum absolute atomic E-state index is 13.9. The molecule has 0 atom stereocenters. The molecule has 5 rings (SSSR count). The van der Waals surface area contributed by atoms with Crippen LogP contribution in [-0.4, -0.2) is 10.7 Å². The lowest BCUT2D eigenvalue weighted by molar-refractivity contribution is -0.143. The average Bonchev–Trinajstić information content (AvgIpc) is 3.53. The molecule has 0 bridgehead atoms. The highest BCUT2D eigenvalue weighted by Crippen LogP contribution is 2.41. The third kappa shape index (κ3) is 5.96. The summed E-state index contributed by atoms with van der Waals surface area (Å²) in [6.07, 6.45) is -6.59. The van der Waals surface area contributed by atoms with Gasteiger partial charge in [-0.25, -0.2) is 4.99 Å². The molecule has 0 unspecified atom stereocenters. The van der Waals surface area contributed by atoms with Crippen molar-refractivity contribution < 1.29 is 26.3 Å². The van der Waals surface area contributed by atoms with Crippen LogP contribution in [-0.2, 0) is 12.4 Å². The number of aliphatic imine (C=N–C) groups is 1. The predicted octanol–water partition coefficient (Wildman–Crippen LogP) is 10.4. The molecule has 1 N–H and O–H groups in total. The number of allylic oxidation sites excluding steroid dienone is 2. The van der Waals surface area contributed by atoms with Gasteiger partial charge in [0.05, 0.1) is 22.5 Å². The third-order valence-corrected chi connectivity index (χ3v) is 7.61. The summed E-state index contributed by atoms with van der Waals surface area (Å²) >= 11 is 0. The van der Waals surface area contributed by atoms with Gasteiger partial charge in [-0.15, -0.1) is 0 Å². The van der Waals surface area contributed by atoms with E-state index in [0.29, 0.717) is 17.1 Å². The van der Waals surface area contributed by atoms with Gasteiger partial charge in [-0.3, -0.25) is 0 Å². The monoisotopic (exact) mass is 592 g/mol. The summed E-state index contributed by atoms with van der Waals surface area (Å²) in [4.78, 5) is 8.06. The first-order chi connectivity index (χ1) is 20.0. The van der Waals surface area contributed by atoms with Crippen LogP contribution in [0, 0.1) is 41.5 Å². The molecule has 0 amide bonds. The number of alkyl halides is 6. The van der Waals surface area contributed by atoms with E-state index in [-0.39, 0.29) is 22.9 Å². The zero-order chi connectivity index (χ0) is 31.4. The number of aromatic amines is 1. The lowest BCUT2D eigenvalue weighted by Gasteiger charge is -2.17. The first-order valence-corrected chi connectivity index (χ1v) is 13.7. The van der Waals surface area contributed by atoms with Crippen LogP contribution in [0.5, 0.6) is 0 Å². The first-order valence-electron chi connectivity index (χ1n) is 13.7. The second-order valence-corrected chi connectivity index (χ2v) is 11.2. The molecule has 0 saturated carbocycles. The molecule has 2 heterocycles. The van der Waals surface area contributed by atoms with E-state index in [4.69, 9.17) is 4.99 Å². The third-order valence-electron chi connectivity index (χ3n) is 7.61. The van der Waals surface area contributed by atoms with Crippen molar-refractivity contribution in [3.63, 3.8) is 0 Å². The molecule has 0 aliphatic carbocycles. The minimum atomic E-state index is -4.99. The Labute approximate surface area is 246 Å². The van der Waals surface area contributed by atoms with Crippen LogP contribution in [0.4, 0.5) is 26.3 Å². The summed E-state index contributed by atoms with van der Waals surface area (Å²) in [5, 5.41) is 0. The highest BCUT2D eigenvalue weighted by molar-refractivity contribution is 6.14. The number of H-pyrrole nitrogens is 1. The fraction of sp³-hybridized carbons (Fsp3) is 0.229. The molecule has 0 radical (unpaired) electrons. The van der Waals surface area contributed by atoms with Crippen molar-refractivity contribution in [1.29, 1.82) is 0 Å². The number of nitrogens with zero attached hydrogens (tertiary/aromatic N) is 1. The molecule has 43 heavy (non-hydrogen) atoms. The number of benzene rings is 3. The maximum atomic E-state index is 13.9. The van der Waals surface area contributed by atoms with E-state index in [9.17, 15) is 26.3 Å². The topological polar surface area (TPSA) is 28.1 Å². The number of hydrogen-bond donors (Lipinski definition) is 1. The van der Waals surface area contributed by atoms with Gasteiger partial charge in [0, 0.05) is 28.1 Å². The Kier molecular flexibility index (Phi) is 7.53. The second kappa shape index (κ2) is 10.7. The van der Waals surface area contributed by atoms with Crippen molar-refractivity contribution in [3.8, 4) is 11.3 Å². The molecule has 0 spiro atoms. The van der Waals surface area contributed by atoms with Crippen molar-refractivity contribution in [3.05, 3.63) is 134 Å². The summed E-state index contributed by atoms with van der Waals surface area (Å²) in [6, 6.07) is 13.2. The number of aromatic nitrogens is 1. The fourth-order valence-corrected chi connectivity index (χ4v) is 6.06. The number of rotatable bonds is 4. The van der Waals surface area contributed by atoms with Crippen LogP contribution in [0.15, 0.2) is 77.4 Å². The van der Waals surface area contributed by atoms with Crippen molar-refractivity contribution >= 4 is 11.3 Å². The number of halogens is 6. The molecule has 8 heteroatoms. The molecule has 1 aromatic heterocycles. The minimum absolute atomic E-state index is 0.138. The normalized spacial score (nSPS) is 14.8. The summed E-state index contributed by atoms with van der Waals surface area (Å²) in [5.41, 5.74) is 6.87. The number of hydrogen-bond acceptors (Lipinski definition) is 1. The number of nitrogens with one attached hydrogen (secondary N) is 1. The van der Waals surface area contributed by atoms with E-state index in [1.165, 1.54) is 0 Å². The Morgan fingerprint density at radius 2 is 1.09 bits per heavy atom. The number of aryl methyl sites for hydroxylation is 6. The van der Waals surface area contributed by atoms with E-state index in [1.54, 1.807) is 24.3 Å². The molecule has 3 aromatic carbocycles. The van der Waals surface area contributed by atoms with Crippen molar-refractivity contribution in [2.75, 3.05) is 0 Å². The van der Waals surface area contributed by atoms with Gasteiger partial charge in [-0.1, -0.05) is 35.4 Å². The average molecular weight is 593 g/mol. The van der Waals surface area contributed by atoms with Gasteiger partial charge in [0.25, 0.3) is 0 Å². The molecular formula is C35H30F6N2. The molecule has 0 saturated heterocycles. The lowest BCUT2D eigenvalue weighted by atomic mass is 9.95. The van der Waals surface area contributed by atoms with Crippen LogP contribution in [0.1, 0.15) is 61.3 Å². The van der Waals surface area contributed by atoms with Gasteiger partial charge in [0.15, 0.2) is 0 Å². The van der Waals surface area contributed by atoms with Crippen molar-refractivity contribution in [2.24, 2.45) is 4.99 Å². The molecule has 0 fully saturated rings. The van der Waals surface area contributed by atoms with Crippen LogP contribution in [0.25, 0.3) is 16.8 Å². The van der Waals surface area contributed by atoms with Crippen molar-refractivity contribution in [2.45, 2.75) is 53.9 Å². The van der Waals surface area contributed by atoms with Gasteiger partial charge in [0.2, 0.25) is 0 Å². The summed E-state index contributed by atoms with van der Waals surface area (Å²) in [5.74, 6) is 0. The van der Waals surface area contributed by atoms with Gasteiger partial charge in [0.1, 0.15) is 0 Å². The smallest absolute Gasteiger partial charge is 0.354 e. The van der Waals surface area contributed by atoms with Crippen LogP contribution in [0.2, 0.25) is 0 Å². The van der Waals surface area contributed by atoms with E-state index >= 15 is 0 Å². The molecular weight excluding hydrogens is 562 g/mol. The molecule has 222 valence electrons. The molecule has 4 aromatic rings. The fourth-order valence-electron chi connectivity index (χ4n) is 6.06. The van der Waals surface area contributed by atoms with Crippen LogP contribution >= 0.6 is 0 Å². The quantitative estimate of drug-likeness (QED) is 0.229. The predicted molar refractivity (Wildman–Crippen MR) is 159 cm³/mol. The highest BCUT2D eigenvalue weighted by atomic mass is 19.4. The van der Waals surface area contributed by atoms with Gasteiger partial charge in [-0.2, -0.15) is 26.3 Å². The van der Waals surface area contributed by atoms with Gasteiger partial charge in [-0.05, 0) is 112 Å². The summed E-state index contributed by atoms with van der Waals surface area (Å²) in [6.45, 7) is 11.8. The highest BCUT2D eigenvalue weighted by Gasteiger charge is 2.37. The van der Waals surface area contributed by atoms with E-state index < -0.39 is 23.5 Å². The van der Waals surface area contributed by atoms with Gasteiger partial charge >= 0.3 is 12.4 Å². The zero-order valence-electron chi connectivity index (χ0n) is 24.6. The summed E-state index contributed by atoms with van der Waals surface area (Å²) < 4.78 is 83.4. The Balaban J connectivity index is 1.78. The lowest BCUT2D eigenvalue weighted by Crippen LogP contribution is -2.12. The van der Waals surface area contributed by atoms with Crippen LogP contribution < -0.4 is 0 Å². The van der Waals surface area contributed by atoms with E-state index in [0.717, 1.165) is 56.6 Å². The Morgan fingerprint density at radius 3 is 1.58 bits per heavy atom. The van der Waals surface area contributed by atoms with Gasteiger partial charge < -0.3 is 4.98 Å². The standard InChI is InChI=1S/C35H30F6N2/c1-18-11-20(3)31(21(4)12-18)27-7-9-29(42-27)33(24-15-25(34(36,37)38)17-26(16-24)35(39,40)41)30-10-8-28(43-30)32-22(5)13-19(2)14-23(32)6/h7-17,42H,1-6H3/b33-30-. The Bertz CT molecular complexity index is 1770. The van der Waals surface area contributed by atoms with Crippen molar-refractivity contribution in [1.82, 2.24) is 4.98 Å². The maximum Gasteiger partial charge on any atom is 0.416 e. The molecule has 1 aliphatic heterocycles. The van der Waals surface area contributed by atoms with E-state index in [2.05, 4.69) is 4.98 Å². The Morgan fingerprint density at radius 1 is 0.605 bits per heavy atom. The zero-order valence-corrected chi connectivity index (χ0v) is 24.6.